The first-order chi connectivity index (χ1) is 11.0. The molecule has 1 saturated heterocycles. The number of hydrogen-bond donors (Lipinski definition) is 2. The highest BCUT2D eigenvalue weighted by Crippen LogP contribution is 2.35. The second-order valence-corrected chi connectivity index (χ2v) is 9.00. The average molecular weight is 340 g/mol. The molecule has 24 heavy (non-hydrogen) atoms. The number of carbonyl (C=O) groups is 2. The van der Waals surface area contributed by atoms with E-state index in [4.69, 9.17) is 4.74 Å². The summed E-state index contributed by atoms with van der Waals surface area (Å²) in [6.45, 7) is 9.95. The lowest BCUT2D eigenvalue weighted by atomic mass is 9.75. The predicted molar refractivity (Wildman–Crippen MR) is 91.5 cm³/mol. The zero-order chi connectivity index (χ0) is 18.1. The molecule has 0 aromatic rings. The second-order valence-electron chi connectivity index (χ2n) is 9.00. The third-order valence-corrected chi connectivity index (χ3v) is 4.76. The van der Waals surface area contributed by atoms with E-state index < -0.39 is 23.8 Å². The number of ether oxygens (including phenoxy) is 1. The van der Waals surface area contributed by atoms with Gasteiger partial charge in [-0.2, -0.15) is 0 Å². The van der Waals surface area contributed by atoms with Gasteiger partial charge in [0, 0.05) is 12.5 Å². The quantitative estimate of drug-likeness (QED) is 0.809. The highest BCUT2D eigenvalue weighted by Gasteiger charge is 2.41. The van der Waals surface area contributed by atoms with Crippen molar-refractivity contribution in [1.82, 2.24) is 10.2 Å². The number of hydrogen-bond acceptors (Lipinski definition) is 4. The van der Waals surface area contributed by atoms with Gasteiger partial charge in [-0.05, 0) is 45.4 Å². The smallest absolute Gasteiger partial charge is 0.411 e. The molecule has 0 aromatic carbocycles. The van der Waals surface area contributed by atoms with Gasteiger partial charge in [0.25, 0.3) is 0 Å². The summed E-state index contributed by atoms with van der Waals surface area (Å²) >= 11 is 0. The molecule has 1 aliphatic carbocycles. The van der Waals surface area contributed by atoms with Crippen LogP contribution in [-0.2, 0) is 9.53 Å². The number of β-amino-alcohol motifs (C(OH)–C–C–N with tert-alkyl or cyclic N) is 1. The van der Waals surface area contributed by atoms with E-state index in [9.17, 15) is 14.7 Å². The zero-order valence-corrected chi connectivity index (χ0v) is 15.6. The summed E-state index contributed by atoms with van der Waals surface area (Å²) in [5.41, 5.74) is -0.394. The minimum atomic E-state index is -0.684. The highest BCUT2D eigenvalue weighted by molar-refractivity contribution is 5.86. The first-order valence-electron chi connectivity index (χ1n) is 8.95. The van der Waals surface area contributed by atoms with Crippen LogP contribution in [0.5, 0.6) is 0 Å². The molecule has 1 heterocycles. The maximum absolute atomic E-state index is 12.7. The van der Waals surface area contributed by atoms with E-state index >= 15 is 0 Å². The third kappa shape index (κ3) is 5.10. The van der Waals surface area contributed by atoms with Gasteiger partial charge in [-0.15, -0.1) is 0 Å². The number of rotatable bonds is 2. The first-order valence-corrected chi connectivity index (χ1v) is 8.95. The van der Waals surface area contributed by atoms with Gasteiger partial charge < -0.3 is 15.2 Å². The van der Waals surface area contributed by atoms with Crippen molar-refractivity contribution < 1.29 is 19.4 Å². The van der Waals surface area contributed by atoms with Crippen molar-refractivity contribution in [2.75, 3.05) is 6.54 Å². The van der Waals surface area contributed by atoms with E-state index in [0.717, 1.165) is 19.3 Å². The van der Waals surface area contributed by atoms with Gasteiger partial charge in [-0.1, -0.05) is 20.3 Å². The van der Waals surface area contributed by atoms with Crippen molar-refractivity contribution in [3.63, 3.8) is 0 Å². The van der Waals surface area contributed by atoms with E-state index in [1.165, 1.54) is 11.3 Å². The maximum Gasteiger partial charge on any atom is 0.411 e. The Kier molecular flexibility index (Phi) is 5.47. The van der Waals surface area contributed by atoms with Crippen LogP contribution in [0.3, 0.4) is 0 Å². The van der Waals surface area contributed by atoms with Crippen LogP contribution >= 0.6 is 0 Å². The lowest BCUT2D eigenvalue weighted by Crippen LogP contribution is -2.51. The molecule has 6 nitrogen and oxygen atoms in total. The first kappa shape index (κ1) is 19.0. The molecule has 138 valence electrons. The van der Waals surface area contributed by atoms with Crippen LogP contribution in [0.2, 0.25) is 0 Å². The SMILES string of the molecule is CC1(C)CCCC(NC(=O)C2C[C@H](O)CN2C(=O)OC(C)(C)C)C1. The molecule has 0 radical (unpaired) electrons. The summed E-state index contributed by atoms with van der Waals surface area (Å²) in [5.74, 6) is -0.180. The van der Waals surface area contributed by atoms with E-state index in [0.29, 0.717) is 0 Å². The highest BCUT2D eigenvalue weighted by atomic mass is 16.6. The van der Waals surface area contributed by atoms with Crippen molar-refractivity contribution in [2.45, 2.75) is 90.5 Å². The van der Waals surface area contributed by atoms with Gasteiger partial charge in [-0.25, -0.2) is 4.79 Å². The number of carbonyl (C=O) groups excluding carboxylic acids is 2. The number of aliphatic hydroxyl groups excluding tert-OH is 1. The van der Waals surface area contributed by atoms with Crippen molar-refractivity contribution in [3.8, 4) is 0 Å². The van der Waals surface area contributed by atoms with E-state index in [2.05, 4.69) is 19.2 Å². The number of nitrogens with zero attached hydrogens (tertiary/aromatic N) is 1. The molecule has 3 atom stereocenters. The lowest BCUT2D eigenvalue weighted by molar-refractivity contribution is -0.126. The van der Waals surface area contributed by atoms with E-state index in [1.807, 2.05) is 0 Å². The standard InChI is InChI=1S/C18H32N2O4/c1-17(2,3)24-16(23)20-11-13(21)9-14(20)15(22)19-12-7-6-8-18(4,5)10-12/h12-14,21H,6-11H2,1-5H3,(H,19,22)/t12?,13-,14?/m0/s1. The Balaban J connectivity index is 1.99. The fraction of sp³-hybridized carbons (Fsp3) is 0.889. The molecular weight excluding hydrogens is 308 g/mol. The van der Waals surface area contributed by atoms with Crippen molar-refractivity contribution in [3.05, 3.63) is 0 Å². The minimum absolute atomic E-state index is 0.138. The second kappa shape index (κ2) is 6.90. The molecule has 1 aliphatic heterocycles. The molecule has 6 heteroatoms. The van der Waals surface area contributed by atoms with Crippen LogP contribution in [0.15, 0.2) is 0 Å². The largest absolute Gasteiger partial charge is 0.444 e. The topological polar surface area (TPSA) is 78.9 Å². The normalized spacial score (nSPS) is 30.1. The molecule has 0 aromatic heterocycles. The van der Waals surface area contributed by atoms with Crippen LogP contribution in [0.1, 0.15) is 66.7 Å². The van der Waals surface area contributed by atoms with Crippen molar-refractivity contribution in [2.24, 2.45) is 5.41 Å². The summed E-state index contributed by atoms with van der Waals surface area (Å²) in [6.07, 6.45) is 3.23. The molecule has 1 saturated carbocycles. The van der Waals surface area contributed by atoms with Crippen molar-refractivity contribution >= 4 is 12.0 Å². The minimum Gasteiger partial charge on any atom is -0.444 e. The number of nitrogens with one attached hydrogen (secondary N) is 1. The third-order valence-electron chi connectivity index (χ3n) is 4.76. The number of aliphatic hydroxyl groups is 1. The van der Waals surface area contributed by atoms with Gasteiger partial charge in [-0.3, -0.25) is 9.69 Å². The average Bonchev–Trinajstić information content (AvgIpc) is 2.78. The molecule has 2 N–H and O–H groups in total. The van der Waals surface area contributed by atoms with Crippen LogP contribution < -0.4 is 5.32 Å². The van der Waals surface area contributed by atoms with Crippen LogP contribution in [0.4, 0.5) is 4.79 Å². The van der Waals surface area contributed by atoms with Gasteiger partial charge >= 0.3 is 6.09 Å². The summed E-state index contributed by atoms with van der Waals surface area (Å²) < 4.78 is 5.37. The van der Waals surface area contributed by atoms with Crippen molar-refractivity contribution in [1.29, 1.82) is 0 Å². The number of likely N-dealkylation sites (tertiary alicyclic amines) is 1. The van der Waals surface area contributed by atoms with Gasteiger partial charge in [0.2, 0.25) is 5.91 Å². The van der Waals surface area contributed by atoms with Gasteiger partial charge in [0.05, 0.1) is 12.6 Å². The summed E-state index contributed by atoms with van der Waals surface area (Å²) in [4.78, 5) is 26.4. The molecule has 2 amide bonds. The maximum atomic E-state index is 12.7. The summed E-state index contributed by atoms with van der Waals surface area (Å²) in [6, 6.07) is -0.514. The molecule has 0 bridgehead atoms. The Morgan fingerprint density at radius 3 is 2.54 bits per heavy atom. The van der Waals surface area contributed by atoms with Gasteiger partial charge in [0.15, 0.2) is 0 Å². The Morgan fingerprint density at radius 1 is 1.29 bits per heavy atom. The molecule has 2 rings (SSSR count). The molecule has 0 spiro atoms. The molecule has 2 aliphatic rings. The fourth-order valence-corrected chi connectivity index (χ4v) is 3.70. The predicted octanol–water partition coefficient (Wildman–Crippen LogP) is 2.44. The fourth-order valence-electron chi connectivity index (χ4n) is 3.70. The Hall–Kier alpha value is -1.30. The molecule has 2 fully saturated rings. The monoisotopic (exact) mass is 340 g/mol. The van der Waals surface area contributed by atoms with Crippen LogP contribution in [-0.4, -0.2) is 52.3 Å². The lowest BCUT2D eigenvalue weighted by Gasteiger charge is -2.36. The Morgan fingerprint density at radius 2 is 1.96 bits per heavy atom. The number of amides is 2. The van der Waals surface area contributed by atoms with E-state index in [1.54, 1.807) is 20.8 Å². The Bertz CT molecular complexity index is 484. The van der Waals surface area contributed by atoms with E-state index in [-0.39, 0.29) is 30.3 Å². The van der Waals surface area contributed by atoms with Gasteiger partial charge in [0.1, 0.15) is 11.6 Å². The summed E-state index contributed by atoms with van der Waals surface area (Å²) in [7, 11) is 0. The zero-order valence-electron chi connectivity index (χ0n) is 15.6. The molecule has 2 unspecified atom stereocenters. The molecular formula is C18H32N2O4. The Labute approximate surface area is 144 Å². The summed E-state index contributed by atoms with van der Waals surface area (Å²) in [5, 5.41) is 13.0. The van der Waals surface area contributed by atoms with Crippen LogP contribution in [0, 0.1) is 5.41 Å². The van der Waals surface area contributed by atoms with Crippen LogP contribution in [0.25, 0.3) is 0 Å².